The molecule has 2 nitrogen and oxygen atoms in total. The van der Waals surface area contributed by atoms with Crippen LogP contribution in [0.25, 0.3) is 10.8 Å². The van der Waals surface area contributed by atoms with Crippen LogP contribution in [-0.2, 0) is 0 Å². The highest BCUT2D eigenvalue weighted by Crippen LogP contribution is 2.29. The zero-order valence-corrected chi connectivity index (χ0v) is 12.2. The Hall–Kier alpha value is -1.41. The van der Waals surface area contributed by atoms with E-state index in [4.69, 9.17) is 21.1 Å². The summed E-state index contributed by atoms with van der Waals surface area (Å²) in [6, 6.07) is 10.2. The highest BCUT2D eigenvalue weighted by Gasteiger charge is 2.05. The third-order valence-corrected chi connectivity index (χ3v) is 3.32. The van der Waals surface area contributed by atoms with Crippen LogP contribution >= 0.6 is 11.6 Å². The molecule has 0 aliphatic rings. The maximum atomic E-state index is 5.66. The average Bonchev–Trinajstić information content (AvgIpc) is 2.42. The van der Waals surface area contributed by atoms with Crippen LogP contribution in [0.4, 0.5) is 0 Å². The molecule has 0 N–H and O–H groups in total. The third-order valence-electron chi connectivity index (χ3n) is 3.06. The fourth-order valence-corrected chi connectivity index (χ4v) is 2.20. The Morgan fingerprint density at radius 3 is 2.68 bits per heavy atom. The van der Waals surface area contributed by atoms with Crippen LogP contribution in [0, 0.1) is 6.92 Å². The van der Waals surface area contributed by atoms with E-state index in [0.29, 0.717) is 19.1 Å². The molecule has 2 aromatic carbocycles. The van der Waals surface area contributed by atoms with E-state index in [1.165, 1.54) is 16.3 Å². The summed E-state index contributed by atoms with van der Waals surface area (Å²) in [7, 11) is 0. The number of hydrogen-bond acceptors (Lipinski definition) is 2. The Bertz CT molecular complexity index is 552. The molecule has 0 saturated heterocycles. The summed E-state index contributed by atoms with van der Waals surface area (Å²) in [5, 5.41) is 2.37. The predicted octanol–water partition coefficient (Wildman–Crippen LogP) is 4.55. The Kier molecular flexibility index (Phi) is 4.92. The molecule has 3 heteroatoms. The summed E-state index contributed by atoms with van der Waals surface area (Å²) >= 11 is 5.64. The van der Waals surface area contributed by atoms with Gasteiger partial charge in [-0.15, -0.1) is 11.6 Å². The molecule has 0 amide bonds. The van der Waals surface area contributed by atoms with Gasteiger partial charge in [0.05, 0.1) is 13.2 Å². The van der Waals surface area contributed by atoms with Crippen LogP contribution in [0.15, 0.2) is 30.3 Å². The minimum Gasteiger partial charge on any atom is -0.494 e. The summed E-state index contributed by atoms with van der Waals surface area (Å²) in [4.78, 5) is 0. The van der Waals surface area contributed by atoms with E-state index < -0.39 is 0 Å². The molecule has 2 aromatic rings. The van der Waals surface area contributed by atoms with Crippen molar-refractivity contribution in [1.29, 1.82) is 0 Å². The molecule has 2 rings (SSSR count). The van der Waals surface area contributed by atoms with E-state index in [9.17, 15) is 0 Å². The van der Waals surface area contributed by atoms with E-state index in [1.807, 2.05) is 19.1 Å². The first-order chi connectivity index (χ1) is 9.26. The Balaban J connectivity index is 2.27. The van der Waals surface area contributed by atoms with Crippen LogP contribution in [0.2, 0.25) is 0 Å². The largest absolute Gasteiger partial charge is 0.494 e. The Morgan fingerprint density at radius 2 is 1.95 bits per heavy atom. The standard InChI is InChI=1S/C16H19ClO2/c1-3-18-16-8-5-13-11-14(19-10-4-9-17)6-7-15(13)12(16)2/h5-8,11H,3-4,9-10H2,1-2H3. The minimum absolute atomic E-state index is 0.629. The molecule has 0 heterocycles. The Labute approximate surface area is 119 Å². The minimum atomic E-state index is 0.629. The van der Waals surface area contributed by atoms with Gasteiger partial charge in [0.2, 0.25) is 0 Å². The molecule has 102 valence electrons. The normalized spacial score (nSPS) is 10.7. The van der Waals surface area contributed by atoms with E-state index in [1.54, 1.807) is 0 Å². The molecule has 0 aliphatic carbocycles. The molecule has 0 saturated carbocycles. The number of aryl methyl sites for hydroxylation is 1. The number of hydrogen-bond donors (Lipinski definition) is 0. The predicted molar refractivity (Wildman–Crippen MR) is 80.7 cm³/mol. The second-order valence-corrected chi connectivity index (χ2v) is 4.77. The van der Waals surface area contributed by atoms with Gasteiger partial charge in [0, 0.05) is 5.88 Å². The van der Waals surface area contributed by atoms with Gasteiger partial charge in [-0.1, -0.05) is 12.1 Å². The SMILES string of the molecule is CCOc1ccc2cc(OCCCCl)ccc2c1C. The summed E-state index contributed by atoms with van der Waals surface area (Å²) in [5.41, 5.74) is 1.17. The molecule has 0 atom stereocenters. The molecule has 0 fully saturated rings. The van der Waals surface area contributed by atoms with E-state index >= 15 is 0 Å². The monoisotopic (exact) mass is 278 g/mol. The Morgan fingerprint density at radius 1 is 1.11 bits per heavy atom. The van der Waals surface area contributed by atoms with Crippen LogP contribution < -0.4 is 9.47 Å². The number of halogens is 1. The van der Waals surface area contributed by atoms with Gasteiger partial charge in [-0.3, -0.25) is 0 Å². The lowest BCUT2D eigenvalue weighted by Gasteiger charge is -2.11. The van der Waals surface area contributed by atoms with Crippen molar-refractivity contribution in [3.8, 4) is 11.5 Å². The van der Waals surface area contributed by atoms with Gasteiger partial charge in [-0.05, 0) is 54.8 Å². The van der Waals surface area contributed by atoms with E-state index in [2.05, 4.69) is 25.1 Å². The fraction of sp³-hybridized carbons (Fsp3) is 0.375. The summed E-state index contributed by atoms with van der Waals surface area (Å²) in [5.74, 6) is 2.47. The quantitative estimate of drug-likeness (QED) is 0.570. The number of fused-ring (bicyclic) bond motifs is 1. The zero-order chi connectivity index (χ0) is 13.7. The van der Waals surface area contributed by atoms with Crippen molar-refractivity contribution in [3.63, 3.8) is 0 Å². The van der Waals surface area contributed by atoms with Crippen molar-refractivity contribution in [2.45, 2.75) is 20.3 Å². The summed E-state index contributed by atoms with van der Waals surface area (Å²) in [6.45, 7) is 5.43. The summed E-state index contributed by atoms with van der Waals surface area (Å²) < 4.78 is 11.3. The molecule has 0 bridgehead atoms. The average molecular weight is 279 g/mol. The lowest BCUT2D eigenvalue weighted by molar-refractivity contribution is 0.318. The maximum Gasteiger partial charge on any atom is 0.122 e. The first-order valence-electron chi connectivity index (χ1n) is 6.61. The first-order valence-corrected chi connectivity index (χ1v) is 7.14. The highest BCUT2D eigenvalue weighted by molar-refractivity contribution is 6.17. The van der Waals surface area contributed by atoms with Gasteiger partial charge in [0.25, 0.3) is 0 Å². The third kappa shape index (κ3) is 3.32. The molecule has 0 aliphatic heterocycles. The van der Waals surface area contributed by atoms with Gasteiger partial charge < -0.3 is 9.47 Å². The number of benzene rings is 2. The second kappa shape index (κ2) is 6.67. The van der Waals surface area contributed by atoms with Crippen LogP contribution in [-0.4, -0.2) is 19.1 Å². The van der Waals surface area contributed by atoms with Gasteiger partial charge in [-0.2, -0.15) is 0 Å². The van der Waals surface area contributed by atoms with Crippen molar-refractivity contribution in [2.24, 2.45) is 0 Å². The molecule has 0 spiro atoms. The number of alkyl halides is 1. The second-order valence-electron chi connectivity index (χ2n) is 4.40. The summed E-state index contributed by atoms with van der Waals surface area (Å²) in [6.07, 6.45) is 0.863. The van der Waals surface area contributed by atoms with Gasteiger partial charge in [-0.25, -0.2) is 0 Å². The lowest BCUT2D eigenvalue weighted by atomic mass is 10.0. The number of rotatable bonds is 6. The number of ether oxygens (including phenoxy) is 2. The van der Waals surface area contributed by atoms with Crippen LogP contribution in [0.1, 0.15) is 18.9 Å². The molecular formula is C16H19ClO2. The smallest absolute Gasteiger partial charge is 0.122 e. The molecule has 0 unspecified atom stereocenters. The fourth-order valence-electron chi connectivity index (χ4n) is 2.09. The van der Waals surface area contributed by atoms with Gasteiger partial charge in [0.15, 0.2) is 0 Å². The van der Waals surface area contributed by atoms with Gasteiger partial charge >= 0.3 is 0 Å². The van der Waals surface area contributed by atoms with Crippen molar-refractivity contribution in [1.82, 2.24) is 0 Å². The highest BCUT2D eigenvalue weighted by atomic mass is 35.5. The molecule has 0 aromatic heterocycles. The first kappa shape index (κ1) is 14.0. The van der Waals surface area contributed by atoms with Crippen molar-refractivity contribution >= 4 is 22.4 Å². The maximum absolute atomic E-state index is 5.66. The van der Waals surface area contributed by atoms with Crippen molar-refractivity contribution < 1.29 is 9.47 Å². The molecule has 19 heavy (non-hydrogen) atoms. The van der Waals surface area contributed by atoms with Crippen molar-refractivity contribution in [2.75, 3.05) is 19.1 Å². The topological polar surface area (TPSA) is 18.5 Å². The van der Waals surface area contributed by atoms with E-state index in [-0.39, 0.29) is 0 Å². The van der Waals surface area contributed by atoms with Crippen LogP contribution in [0.3, 0.4) is 0 Å². The zero-order valence-electron chi connectivity index (χ0n) is 11.4. The molecular weight excluding hydrogens is 260 g/mol. The molecule has 0 radical (unpaired) electrons. The van der Waals surface area contributed by atoms with Gasteiger partial charge in [0.1, 0.15) is 11.5 Å². The van der Waals surface area contributed by atoms with Crippen molar-refractivity contribution in [3.05, 3.63) is 35.9 Å². The van der Waals surface area contributed by atoms with Crippen LogP contribution in [0.5, 0.6) is 11.5 Å². The van der Waals surface area contributed by atoms with E-state index in [0.717, 1.165) is 17.9 Å². The lowest BCUT2D eigenvalue weighted by Crippen LogP contribution is -1.98.